The number of carbonyl (C=O) groups excluding carboxylic acids is 2. The van der Waals surface area contributed by atoms with Crippen LogP contribution in [0.5, 0.6) is 5.75 Å². The molecule has 1 fully saturated rings. The van der Waals surface area contributed by atoms with Crippen LogP contribution >= 0.6 is 0 Å². The number of benzene rings is 2. The first-order valence-electron chi connectivity index (χ1n) is 10.9. The summed E-state index contributed by atoms with van der Waals surface area (Å²) in [5.41, 5.74) is 3.04. The number of carbonyl (C=O) groups is 2. The van der Waals surface area contributed by atoms with Gasteiger partial charge in [-0.1, -0.05) is 12.1 Å². The molecule has 0 aliphatic carbocycles. The number of anilines is 1. The Bertz CT molecular complexity index is 1200. The van der Waals surface area contributed by atoms with E-state index in [1.54, 1.807) is 25.1 Å². The van der Waals surface area contributed by atoms with E-state index < -0.39 is 40.1 Å². The number of hydrogen-bond donors (Lipinski definition) is 2. The van der Waals surface area contributed by atoms with Crippen molar-refractivity contribution in [3.05, 3.63) is 53.1 Å². The Balaban J connectivity index is 1.75. The van der Waals surface area contributed by atoms with Gasteiger partial charge in [-0.25, -0.2) is 8.42 Å². The highest BCUT2D eigenvalue weighted by molar-refractivity contribution is 7.89. The van der Waals surface area contributed by atoms with E-state index in [1.807, 2.05) is 19.9 Å². The summed E-state index contributed by atoms with van der Waals surface area (Å²) < 4.78 is 38.0. The molecule has 184 valence electrons. The van der Waals surface area contributed by atoms with E-state index >= 15 is 0 Å². The molecule has 1 heterocycles. The number of methoxy groups -OCH3 is 1. The molecule has 1 amide bonds. The fourth-order valence-electron chi connectivity index (χ4n) is 3.73. The number of nitrogens with one attached hydrogen (secondary N) is 1. The Kier molecular flexibility index (Phi) is 7.64. The molecule has 10 heteroatoms. The van der Waals surface area contributed by atoms with Gasteiger partial charge in [0.25, 0.3) is 5.91 Å². The van der Waals surface area contributed by atoms with E-state index in [0.717, 1.165) is 21.0 Å². The fraction of sp³-hybridized carbons (Fsp3) is 0.417. The van der Waals surface area contributed by atoms with E-state index in [-0.39, 0.29) is 17.9 Å². The molecule has 34 heavy (non-hydrogen) atoms. The Morgan fingerprint density at radius 1 is 1.12 bits per heavy atom. The van der Waals surface area contributed by atoms with Gasteiger partial charge in [0.15, 0.2) is 6.10 Å². The summed E-state index contributed by atoms with van der Waals surface area (Å²) in [4.78, 5) is 25.6. The van der Waals surface area contributed by atoms with Crippen LogP contribution < -0.4 is 10.1 Å². The second kappa shape index (κ2) is 10.1. The highest BCUT2D eigenvalue weighted by Crippen LogP contribution is 2.29. The molecule has 2 aromatic carbocycles. The van der Waals surface area contributed by atoms with Gasteiger partial charge in [0.05, 0.1) is 23.8 Å². The molecule has 1 aliphatic heterocycles. The van der Waals surface area contributed by atoms with Gasteiger partial charge >= 0.3 is 5.97 Å². The van der Waals surface area contributed by atoms with E-state index in [9.17, 15) is 23.1 Å². The van der Waals surface area contributed by atoms with Crippen LogP contribution in [0, 0.1) is 20.8 Å². The van der Waals surface area contributed by atoms with Crippen LogP contribution in [0.4, 0.5) is 5.69 Å². The Morgan fingerprint density at radius 3 is 2.47 bits per heavy atom. The average Bonchev–Trinajstić information content (AvgIpc) is 3.18. The smallest absolute Gasteiger partial charge is 0.325 e. The third-order valence-corrected chi connectivity index (χ3v) is 7.74. The summed E-state index contributed by atoms with van der Waals surface area (Å²) in [6, 6.07) is 8.69. The number of aliphatic hydroxyl groups is 1. The van der Waals surface area contributed by atoms with Crippen LogP contribution in [-0.4, -0.2) is 61.6 Å². The van der Waals surface area contributed by atoms with Gasteiger partial charge in [-0.2, -0.15) is 4.31 Å². The third-order valence-electron chi connectivity index (χ3n) is 5.87. The van der Waals surface area contributed by atoms with E-state index in [2.05, 4.69) is 5.32 Å². The second-order valence-electron chi connectivity index (χ2n) is 8.50. The molecular weight excluding hydrogens is 460 g/mol. The van der Waals surface area contributed by atoms with E-state index in [4.69, 9.17) is 9.47 Å². The summed E-state index contributed by atoms with van der Waals surface area (Å²) in [6.07, 6.45) is -2.36. The van der Waals surface area contributed by atoms with Crippen molar-refractivity contribution in [3.63, 3.8) is 0 Å². The SMILES string of the molecule is COc1ccc(C)cc1NC(=O)[C@H](C)OC(=O)[C@H]1C[C@@H](O)CN1S(=O)(=O)c1ccc(C)c(C)c1. The molecule has 0 spiro atoms. The number of sulfonamides is 1. The summed E-state index contributed by atoms with van der Waals surface area (Å²) in [7, 11) is -2.60. The molecule has 2 N–H and O–H groups in total. The van der Waals surface area contributed by atoms with Crippen LogP contribution in [0.3, 0.4) is 0 Å². The van der Waals surface area contributed by atoms with E-state index in [0.29, 0.717) is 11.4 Å². The van der Waals surface area contributed by atoms with Crippen LogP contribution in [0.1, 0.15) is 30.0 Å². The first-order chi connectivity index (χ1) is 15.9. The molecule has 9 nitrogen and oxygen atoms in total. The molecule has 3 atom stereocenters. The lowest BCUT2D eigenvalue weighted by molar-refractivity contribution is -0.156. The number of hydrogen-bond acceptors (Lipinski definition) is 7. The Hall–Kier alpha value is -2.95. The molecule has 0 aromatic heterocycles. The van der Waals surface area contributed by atoms with Crippen molar-refractivity contribution in [2.75, 3.05) is 19.0 Å². The minimum atomic E-state index is -4.07. The van der Waals surface area contributed by atoms with Crippen molar-refractivity contribution in [1.29, 1.82) is 0 Å². The number of ether oxygens (including phenoxy) is 2. The monoisotopic (exact) mass is 490 g/mol. The molecule has 0 saturated carbocycles. The molecule has 1 aliphatic rings. The number of nitrogens with zero attached hydrogens (tertiary/aromatic N) is 1. The van der Waals surface area contributed by atoms with Gasteiger partial charge in [-0.15, -0.1) is 0 Å². The van der Waals surface area contributed by atoms with Gasteiger partial charge in [-0.3, -0.25) is 9.59 Å². The van der Waals surface area contributed by atoms with Crippen molar-refractivity contribution >= 4 is 27.6 Å². The predicted molar refractivity (Wildman–Crippen MR) is 126 cm³/mol. The zero-order valence-electron chi connectivity index (χ0n) is 19.9. The number of aliphatic hydroxyl groups excluding tert-OH is 1. The van der Waals surface area contributed by atoms with Crippen molar-refractivity contribution in [2.45, 2.75) is 57.3 Å². The van der Waals surface area contributed by atoms with Gasteiger partial charge in [0.1, 0.15) is 11.8 Å². The van der Waals surface area contributed by atoms with Gasteiger partial charge in [0.2, 0.25) is 10.0 Å². The zero-order chi connectivity index (χ0) is 25.2. The summed E-state index contributed by atoms with van der Waals surface area (Å²) in [5, 5.41) is 12.8. The zero-order valence-corrected chi connectivity index (χ0v) is 20.7. The fourth-order valence-corrected chi connectivity index (χ4v) is 5.45. The lowest BCUT2D eigenvalue weighted by Crippen LogP contribution is -2.43. The average molecular weight is 491 g/mol. The highest BCUT2D eigenvalue weighted by Gasteiger charge is 2.45. The third kappa shape index (κ3) is 5.40. The summed E-state index contributed by atoms with van der Waals surface area (Å²) in [6.45, 7) is 6.67. The number of rotatable bonds is 7. The van der Waals surface area contributed by atoms with Crippen LogP contribution in [0.25, 0.3) is 0 Å². The number of esters is 1. The topological polar surface area (TPSA) is 122 Å². The van der Waals surface area contributed by atoms with Crippen LogP contribution in [-0.2, 0) is 24.3 Å². The number of β-amino-alcohol motifs (C(OH)–C–C–N with tert-alkyl or cyclic N) is 1. The molecular formula is C24H30N2O7S. The highest BCUT2D eigenvalue weighted by atomic mass is 32.2. The van der Waals surface area contributed by atoms with Gasteiger partial charge < -0.3 is 19.9 Å². The standard InChI is InChI=1S/C24H30N2O7S/c1-14-6-9-22(32-5)20(10-14)25-23(28)17(4)33-24(29)21-12-18(27)13-26(21)34(30,31)19-8-7-15(2)16(3)11-19/h6-11,17-18,21,27H,12-13H2,1-5H3,(H,25,28)/t17-,18+,21+/m0/s1. The first-order valence-corrected chi connectivity index (χ1v) is 12.3. The number of amides is 1. The van der Waals surface area contributed by atoms with E-state index in [1.165, 1.54) is 26.2 Å². The van der Waals surface area contributed by atoms with Crippen LogP contribution in [0.2, 0.25) is 0 Å². The maximum Gasteiger partial charge on any atom is 0.325 e. The Labute approximate surface area is 199 Å². The normalized spacial score (nSPS) is 19.5. The van der Waals surface area contributed by atoms with Crippen molar-refractivity contribution in [1.82, 2.24) is 4.31 Å². The quantitative estimate of drug-likeness (QED) is 0.571. The summed E-state index contributed by atoms with van der Waals surface area (Å²) >= 11 is 0. The molecule has 1 saturated heterocycles. The lowest BCUT2D eigenvalue weighted by Gasteiger charge is -2.24. The second-order valence-corrected chi connectivity index (χ2v) is 10.4. The van der Waals surface area contributed by atoms with Gasteiger partial charge in [0, 0.05) is 13.0 Å². The molecule has 0 radical (unpaired) electrons. The minimum absolute atomic E-state index is 0.0276. The van der Waals surface area contributed by atoms with Crippen molar-refractivity contribution in [2.24, 2.45) is 0 Å². The first kappa shape index (κ1) is 25.7. The molecule has 3 rings (SSSR count). The molecule has 0 bridgehead atoms. The van der Waals surface area contributed by atoms with Gasteiger partial charge in [-0.05, 0) is 68.7 Å². The predicted octanol–water partition coefficient (Wildman–Crippen LogP) is 2.31. The minimum Gasteiger partial charge on any atom is -0.495 e. The maximum absolute atomic E-state index is 13.2. The maximum atomic E-state index is 13.2. The van der Waals surface area contributed by atoms with Crippen molar-refractivity contribution in [3.8, 4) is 5.75 Å². The molecule has 0 unspecified atom stereocenters. The Morgan fingerprint density at radius 2 is 1.82 bits per heavy atom. The number of aryl methyl sites for hydroxylation is 3. The van der Waals surface area contributed by atoms with Crippen LogP contribution in [0.15, 0.2) is 41.3 Å². The summed E-state index contributed by atoms with van der Waals surface area (Å²) in [5.74, 6) is -1.05. The molecule has 2 aromatic rings. The largest absolute Gasteiger partial charge is 0.495 e. The van der Waals surface area contributed by atoms with Crippen molar-refractivity contribution < 1.29 is 32.6 Å². The lowest BCUT2D eigenvalue weighted by atomic mass is 10.1.